The van der Waals surface area contributed by atoms with Crippen molar-refractivity contribution >= 4 is 38.6 Å². The van der Waals surface area contributed by atoms with E-state index >= 15 is 0 Å². The van der Waals surface area contributed by atoms with Crippen LogP contribution in [0, 0.1) is 0 Å². The largest absolute Gasteiger partial charge is 0.311 e. The van der Waals surface area contributed by atoms with E-state index in [1.807, 2.05) is 28.9 Å². The number of fused-ring (bicyclic) bond motifs is 1. The van der Waals surface area contributed by atoms with E-state index in [1.165, 1.54) is 0 Å². The van der Waals surface area contributed by atoms with Crippen LogP contribution >= 0.6 is 15.9 Å². The van der Waals surface area contributed by atoms with Crippen LogP contribution in [-0.2, 0) is 0 Å². The van der Waals surface area contributed by atoms with Gasteiger partial charge in [-0.25, -0.2) is 9.50 Å². The monoisotopic (exact) mass is 440 g/mol. The van der Waals surface area contributed by atoms with Crippen molar-refractivity contribution in [3.8, 4) is 11.3 Å². The minimum absolute atomic E-state index is 0.807. The number of hydrogen-bond acceptors (Lipinski definition) is 3. The third kappa shape index (κ3) is 3.30. The van der Waals surface area contributed by atoms with Gasteiger partial charge in [-0.3, -0.25) is 0 Å². The van der Waals surface area contributed by atoms with Gasteiger partial charge in [-0.05, 0) is 58.4 Å². The van der Waals surface area contributed by atoms with Gasteiger partial charge in [0, 0.05) is 28.8 Å². The number of para-hydroxylation sites is 2. The minimum Gasteiger partial charge on any atom is -0.311 e. The molecule has 29 heavy (non-hydrogen) atoms. The average Bonchev–Trinajstić information content (AvgIpc) is 3.17. The summed E-state index contributed by atoms with van der Waals surface area (Å²) in [5, 5.41) is 4.44. The standard InChI is InChI=1S/C24H17BrN4/c25-22-17-27-29-23(15-16-26-24(22)29)18-11-13-21(14-12-18)28(19-7-3-1-4-8-19)20-9-5-2-6-10-20/h1-17H. The zero-order valence-corrected chi connectivity index (χ0v) is 17.1. The first-order chi connectivity index (χ1) is 14.3. The predicted octanol–water partition coefficient (Wildman–Crippen LogP) is 6.63. The molecule has 0 fully saturated rings. The van der Waals surface area contributed by atoms with Gasteiger partial charge in [0.2, 0.25) is 0 Å². The van der Waals surface area contributed by atoms with Crippen molar-refractivity contribution in [1.29, 1.82) is 0 Å². The summed E-state index contributed by atoms with van der Waals surface area (Å²) < 4.78 is 2.74. The van der Waals surface area contributed by atoms with Crippen LogP contribution < -0.4 is 4.90 Å². The van der Waals surface area contributed by atoms with Crippen LogP contribution in [-0.4, -0.2) is 14.6 Å². The van der Waals surface area contributed by atoms with E-state index in [2.05, 4.69) is 104 Å². The number of halogens is 1. The second-order valence-electron chi connectivity index (χ2n) is 6.61. The van der Waals surface area contributed by atoms with E-state index in [0.29, 0.717) is 0 Å². The third-order valence-electron chi connectivity index (χ3n) is 4.81. The predicted molar refractivity (Wildman–Crippen MR) is 121 cm³/mol. The SMILES string of the molecule is Brc1cnn2c(-c3ccc(N(c4ccccc4)c4ccccc4)cc3)ccnc12. The molecule has 0 spiro atoms. The summed E-state index contributed by atoms with van der Waals surface area (Å²) in [5.74, 6) is 0. The Morgan fingerprint density at radius 3 is 1.90 bits per heavy atom. The lowest BCUT2D eigenvalue weighted by Crippen LogP contribution is -2.09. The normalized spacial score (nSPS) is 10.9. The number of aromatic nitrogens is 3. The highest BCUT2D eigenvalue weighted by molar-refractivity contribution is 9.10. The number of rotatable bonds is 4. The molecule has 5 rings (SSSR count). The van der Waals surface area contributed by atoms with Crippen molar-refractivity contribution in [3.05, 3.63) is 108 Å². The fraction of sp³-hybridized carbons (Fsp3) is 0. The van der Waals surface area contributed by atoms with Gasteiger partial charge < -0.3 is 4.90 Å². The van der Waals surface area contributed by atoms with E-state index < -0.39 is 0 Å². The molecule has 4 nitrogen and oxygen atoms in total. The van der Waals surface area contributed by atoms with E-state index in [-0.39, 0.29) is 0 Å². The zero-order chi connectivity index (χ0) is 19.6. The summed E-state index contributed by atoms with van der Waals surface area (Å²) in [6, 6.07) is 31.3. The summed E-state index contributed by atoms with van der Waals surface area (Å²) in [6.07, 6.45) is 3.58. The third-order valence-corrected chi connectivity index (χ3v) is 5.37. The second kappa shape index (κ2) is 7.53. The topological polar surface area (TPSA) is 33.4 Å². The van der Waals surface area contributed by atoms with Gasteiger partial charge in [0.1, 0.15) is 0 Å². The summed E-state index contributed by atoms with van der Waals surface area (Å²) in [4.78, 5) is 6.64. The van der Waals surface area contributed by atoms with Gasteiger partial charge in [-0.1, -0.05) is 48.5 Å². The lowest BCUT2D eigenvalue weighted by atomic mass is 10.1. The van der Waals surface area contributed by atoms with Crippen LogP contribution in [0.25, 0.3) is 16.9 Å². The number of hydrogen-bond donors (Lipinski definition) is 0. The minimum atomic E-state index is 0.807. The lowest BCUT2D eigenvalue weighted by Gasteiger charge is -2.25. The Morgan fingerprint density at radius 1 is 0.690 bits per heavy atom. The molecule has 0 aliphatic heterocycles. The lowest BCUT2D eigenvalue weighted by molar-refractivity contribution is 0.948. The maximum atomic E-state index is 4.44. The van der Waals surface area contributed by atoms with Gasteiger partial charge in [-0.15, -0.1) is 0 Å². The van der Waals surface area contributed by atoms with Crippen LogP contribution in [0.5, 0.6) is 0 Å². The molecular weight excluding hydrogens is 424 g/mol. The molecule has 2 aromatic heterocycles. The summed E-state index contributed by atoms with van der Waals surface area (Å²) in [5.41, 5.74) is 6.22. The fourth-order valence-electron chi connectivity index (χ4n) is 3.46. The molecule has 0 atom stereocenters. The molecule has 0 aliphatic carbocycles. The molecule has 5 heteroatoms. The van der Waals surface area contributed by atoms with E-state index in [1.54, 1.807) is 6.20 Å². The molecule has 3 aromatic carbocycles. The molecule has 0 amide bonds. The summed E-state index contributed by atoms with van der Waals surface area (Å²) in [7, 11) is 0. The van der Waals surface area contributed by atoms with Crippen molar-refractivity contribution in [2.75, 3.05) is 4.90 Å². The van der Waals surface area contributed by atoms with Gasteiger partial charge in [-0.2, -0.15) is 5.10 Å². The van der Waals surface area contributed by atoms with Crippen LogP contribution in [0.2, 0.25) is 0 Å². The van der Waals surface area contributed by atoms with Crippen molar-refractivity contribution in [3.63, 3.8) is 0 Å². The Hall–Kier alpha value is -3.44. The number of nitrogens with zero attached hydrogens (tertiary/aromatic N) is 4. The van der Waals surface area contributed by atoms with Gasteiger partial charge >= 0.3 is 0 Å². The Morgan fingerprint density at radius 2 is 1.28 bits per heavy atom. The maximum Gasteiger partial charge on any atom is 0.169 e. The zero-order valence-electron chi connectivity index (χ0n) is 15.5. The van der Waals surface area contributed by atoms with Crippen molar-refractivity contribution < 1.29 is 0 Å². The van der Waals surface area contributed by atoms with Crippen LogP contribution in [0.4, 0.5) is 17.1 Å². The first-order valence-corrected chi connectivity index (χ1v) is 10.1. The molecule has 0 radical (unpaired) electrons. The van der Waals surface area contributed by atoms with E-state index in [9.17, 15) is 0 Å². The fourth-order valence-corrected chi connectivity index (χ4v) is 3.83. The smallest absolute Gasteiger partial charge is 0.169 e. The molecule has 0 aliphatic rings. The van der Waals surface area contributed by atoms with Crippen molar-refractivity contribution in [2.45, 2.75) is 0 Å². The molecule has 140 valence electrons. The highest BCUT2D eigenvalue weighted by Gasteiger charge is 2.13. The molecule has 0 bridgehead atoms. The van der Waals surface area contributed by atoms with Crippen LogP contribution in [0.3, 0.4) is 0 Å². The Kier molecular flexibility index (Phi) is 4.58. The van der Waals surface area contributed by atoms with Gasteiger partial charge in [0.25, 0.3) is 0 Å². The van der Waals surface area contributed by atoms with Gasteiger partial charge in [0.05, 0.1) is 16.4 Å². The van der Waals surface area contributed by atoms with Crippen LogP contribution in [0.1, 0.15) is 0 Å². The molecule has 0 unspecified atom stereocenters. The molecule has 0 saturated heterocycles. The van der Waals surface area contributed by atoms with Crippen molar-refractivity contribution in [1.82, 2.24) is 14.6 Å². The van der Waals surface area contributed by atoms with Gasteiger partial charge in [0.15, 0.2) is 5.65 Å². The highest BCUT2D eigenvalue weighted by atomic mass is 79.9. The first-order valence-electron chi connectivity index (χ1n) is 9.30. The second-order valence-corrected chi connectivity index (χ2v) is 7.47. The molecular formula is C24H17BrN4. The molecule has 2 heterocycles. The molecule has 0 saturated carbocycles. The van der Waals surface area contributed by atoms with E-state index in [4.69, 9.17) is 0 Å². The Bertz CT molecular complexity index is 1210. The quantitative estimate of drug-likeness (QED) is 0.314. The first kappa shape index (κ1) is 17.6. The van der Waals surface area contributed by atoms with Crippen LogP contribution in [0.15, 0.2) is 108 Å². The average molecular weight is 441 g/mol. The maximum absolute atomic E-state index is 4.44. The Balaban J connectivity index is 1.59. The number of anilines is 3. The van der Waals surface area contributed by atoms with E-state index in [0.717, 1.165) is 38.4 Å². The van der Waals surface area contributed by atoms with Crippen molar-refractivity contribution in [2.24, 2.45) is 0 Å². The molecule has 0 N–H and O–H groups in total. The highest BCUT2D eigenvalue weighted by Crippen LogP contribution is 2.35. The number of benzene rings is 3. The summed E-state index contributed by atoms with van der Waals surface area (Å²) >= 11 is 3.50. The summed E-state index contributed by atoms with van der Waals surface area (Å²) in [6.45, 7) is 0. The molecule has 5 aromatic rings. The Labute approximate surface area is 177 Å².